The largest absolute Gasteiger partial charge is 0.481 e. The molecule has 2 saturated carbocycles. The molecule has 0 unspecified atom stereocenters. The van der Waals surface area contributed by atoms with Gasteiger partial charge in [-0.2, -0.15) is 0 Å². The maximum Gasteiger partial charge on any atom is 0.317 e. The summed E-state index contributed by atoms with van der Waals surface area (Å²) in [5, 5.41) is 15.3. The number of carboxylic acid groups (broad SMARTS) is 1. The highest BCUT2D eigenvalue weighted by molar-refractivity contribution is 5.80. The normalized spacial score (nSPS) is 27.8. The van der Waals surface area contributed by atoms with Crippen LogP contribution in [0.2, 0.25) is 0 Å². The summed E-state index contributed by atoms with van der Waals surface area (Å²) in [7, 11) is 0. The number of aliphatic carboxylic acids is 1. The minimum atomic E-state index is -0.728. The fraction of sp³-hybridized carbons (Fsp3) is 0.850. The van der Waals surface area contributed by atoms with Gasteiger partial charge in [0.25, 0.3) is 0 Å². The molecule has 3 fully saturated rings. The number of hydrogen-bond acceptors (Lipinski definition) is 3. The molecule has 2 aliphatic carbocycles. The average molecular weight is 380 g/mol. The number of urea groups is 1. The van der Waals surface area contributed by atoms with Gasteiger partial charge in [0, 0.05) is 31.1 Å². The number of hydrogen-bond donors (Lipinski definition) is 3. The van der Waals surface area contributed by atoms with Crippen molar-refractivity contribution in [2.45, 2.75) is 82.7 Å². The summed E-state index contributed by atoms with van der Waals surface area (Å²) >= 11 is 0. The van der Waals surface area contributed by atoms with Gasteiger partial charge >= 0.3 is 12.0 Å². The molecule has 27 heavy (non-hydrogen) atoms. The number of carboxylic acids is 1. The number of amides is 3. The van der Waals surface area contributed by atoms with Crippen LogP contribution in [-0.4, -0.2) is 53.1 Å². The van der Waals surface area contributed by atoms with Crippen molar-refractivity contribution in [2.24, 2.45) is 11.8 Å². The van der Waals surface area contributed by atoms with Crippen LogP contribution < -0.4 is 10.6 Å². The Kier molecular flexibility index (Phi) is 6.96. The van der Waals surface area contributed by atoms with E-state index in [1.807, 2.05) is 0 Å². The summed E-state index contributed by atoms with van der Waals surface area (Å²) in [5.41, 5.74) is 0. The number of carbonyl (C=O) groups is 3. The van der Waals surface area contributed by atoms with Crippen LogP contribution in [-0.2, 0) is 9.59 Å². The van der Waals surface area contributed by atoms with E-state index in [1.54, 1.807) is 4.90 Å². The highest BCUT2D eigenvalue weighted by atomic mass is 16.4. The Labute approximate surface area is 161 Å². The Morgan fingerprint density at radius 2 is 1.30 bits per heavy atom. The molecule has 1 aliphatic heterocycles. The highest BCUT2D eigenvalue weighted by Crippen LogP contribution is 2.25. The van der Waals surface area contributed by atoms with Crippen LogP contribution >= 0.6 is 0 Å². The Morgan fingerprint density at radius 3 is 1.89 bits per heavy atom. The first-order valence-corrected chi connectivity index (χ1v) is 10.6. The zero-order valence-electron chi connectivity index (χ0n) is 16.1. The van der Waals surface area contributed by atoms with Gasteiger partial charge in [-0.1, -0.05) is 19.3 Å². The molecular formula is C20H33N3O4. The van der Waals surface area contributed by atoms with Crippen LogP contribution in [0.25, 0.3) is 0 Å². The van der Waals surface area contributed by atoms with E-state index >= 15 is 0 Å². The van der Waals surface area contributed by atoms with Crippen molar-refractivity contribution in [3.8, 4) is 0 Å². The molecule has 0 aromatic heterocycles. The molecule has 7 heteroatoms. The van der Waals surface area contributed by atoms with Gasteiger partial charge in [0.2, 0.25) is 5.91 Å². The van der Waals surface area contributed by atoms with Crippen LogP contribution in [0.1, 0.15) is 70.6 Å². The minimum Gasteiger partial charge on any atom is -0.481 e. The Balaban J connectivity index is 1.36. The summed E-state index contributed by atoms with van der Waals surface area (Å²) < 4.78 is 0. The molecule has 0 aromatic carbocycles. The topological polar surface area (TPSA) is 98.7 Å². The first-order chi connectivity index (χ1) is 13.0. The second-order valence-electron chi connectivity index (χ2n) is 8.44. The second-order valence-corrected chi connectivity index (χ2v) is 8.44. The molecule has 152 valence electrons. The van der Waals surface area contributed by atoms with Gasteiger partial charge in [0.1, 0.15) is 0 Å². The van der Waals surface area contributed by atoms with Crippen molar-refractivity contribution in [1.29, 1.82) is 0 Å². The SMILES string of the molecule is O=C(O)C1CCC(NC(=O)N2CCC(C(=O)NC3CCCCC3)CC2)CC1. The molecular weight excluding hydrogens is 346 g/mol. The fourth-order valence-corrected chi connectivity index (χ4v) is 4.66. The van der Waals surface area contributed by atoms with Crippen LogP contribution in [0.3, 0.4) is 0 Å². The maximum atomic E-state index is 12.5. The van der Waals surface area contributed by atoms with Crippen LogP contribution in [0.4, 0.5) is 4.79 Å². The zero-order chi connectivity index (χ0) is 19.2. The third-order valence-electron chi connectivity index (χ3n) is 6.51. The zero-order valence-corrected chi connectivity index (χ0v) is 16.1. The third-order valence-corrected chi connectivity index (χ3v) is 6.51. The van der Waals surface area contributed by atoms with Crippen molar-refractivity contribution in [3.05, 3.63) is 0 Å². The number of carbonyl (C=O) groups excluding carboxylic acids is 2. The van der Waals surface area contributed by atoms with Gasteiger partial charge in [-0.15, -0.1) is 0 Å². The maximum absolute atomic E-state index is 12.5. The standard InChI is InChI=1S/C20H33N3O4/c24-18(21-16-4-2-1-3-5-16)14-10-12-23(13-11-14)20(27)22-17-8-6-15(7-9-17)19(25)26/h14-17H,1-13H2,(H,21,24)(H,22,27)(H,25,26). The van der Waals surface area contributed by atoms with E-state index in [4.69, 9.17) is 5.11 Å². The van der Waals surface area contributed by atoms with Gasteiger partial charge in [0.05, 0.1) is 5.92 Å². The lowest BCUT2D eigenvalue weighted by molar-refractivity contribution is -0.142. The second kappa shape index (κ2) is 9.42. The van der Waals surface area contributed by atoms with Gasteiger partial charge in [-0.3, -0.25) is 9.59 Å². The number of piperidine rings is 1. The lowest BCUT2D eigenvalue weighted by Crippen LogP contribution is -2.50. The molecule has 0 bridgehead atoms. The Bertz CT molecular complexity index is 531. The van der Waals surface area contributed by atoms with Crippen LogP contribution in [0.5, 0.6) is 0 Å². The van der Waals surface area contributed by atoms with Gasteiger partial charge in [-0.05, 0) is 51.4 Å². The molecule has 7 nitrogen and oxygen atoms in total. The quantitative estimate of drug-likeness (QED) is 0.699. The number of rotatable bonds is 4. The number of nitrogens with one attached hydrogen (secondary N) is 2. The van der Waals surface area contributed by atoms with Crippen LogP contribution in [0, 0.1) is 11.8 Å². The fourth-order valence-electron chi connectivity index (χ4n) is 4.66. The molecule has 3 rings (SSSR count). The third kappa shape index (κ3) is 5.59. The first-order valence-electron chi connectivity index (χ1n) is 10.6. The van der Waals surface area contributed by atoms with E-state index in [9.17, 15) is 14.4 Å². The molecule has 0 aromatic rings. The van der Waals surface area contributed by atoms with E-state index in [1.165, 1.54) is 19.3 Å². The molecule has 3 amide bonds. The number of likely N-dealkylation sites (tertiary alicyclic amines) is 1. The smallest absolute Gasteiger partial charge is 0.317 e. The van der Waals surface area contributed by atoms with E-state index in [0.29, 0.717) is 32.0 Å². The summed E-state index contributed by atoms with van der Waals surface area (Å²) in [6.45, 7) is 1.22. The molecule has 3 N–H and O–H groups in total. The summed E-state index contributed by atoms with van der Waals surface area (Å²) in [5.74, 6) is -0.819. The molecule has 1 saturated heterocycles. The molecule has 0 radical (unpaired) electrons. The van der Waals surface area contributed by atoms with E-state index in [2.05, 4.69) is 10.6 Å². The molecule has 1 heterocycles. The van der Waals surface area contributed by atoms with Crippen molar-refractivity contribution in [1.82, 2.24) is 15.5 Å². The van der Waals surface area contributed by atoms with Gasteiger partial charge < -0.3 is 20.6 Å². The predicted molar refractivity (Wildman–Crippen MR) is 101 cm³/mol. The van der Waals surface area contributed by atoms with Gasteiger partial charge in [-0.25, -0.2) is 4.79 Å². The Hall–Kier alpha value is -1.79. The minimum absolute atomic E-state index is 0.0157. The summed E-state index contributed by atoms with van der Waals surface area (Å²) in [6.07, 6.45) is 10.0. The van der Waals surface area contributed by atoms with Crippen molar-refractivity contribution < 1.29 is 19.5 Å². The molecule has 0 atom stereocenters. The van der Waals surface area contributed by atoms with Crippen molar-refractivity contribution in [2.75, 3.05) is 13.1 Å². The van der Waals surface area contributed by atoms with E-state index in [0.717, 1.165) is 38.5 Å². The van der Waals surface area contributed by atoms with E-state index in [-0.39, 0.29) is 29.8 Å². The molecule has 0 spiro atoms. The summed E-state index contributed by atoms with van der Waals surface area (Å²) in [4.78, 5) is 37.8. The van der Waals surface area contributed by atoms with E-state index < -0.39 is 5.97 Å². The van der Waals surface area contributed by atoms with Crippen molar-refractivity contribution in [3.63, 3.8) is 0 Å². The van der Waals surface area contributed by atoms with Crippen LogP contribution in [0.15, 0.2) is 0 Å². The number of nitrogens with zero attached hydrogens (tertiary/aromatic N) is 1. The Morgan fingerprint density at radius 1 is 0.704 bits per heavy atom. The first kappa shape index (κ1) is 20.0. The van der Waals surface area contributed by atoms with Crippen molar-refractivity contribution >= 4 is 17.9 Å². The predicted octanol–water partition coefficient (Wildman–Crippen LogP) is 2.50. The molecule has 3 aliphatic rings. The lowest BCUT2D eigenvalue weighted by Gasteiger charge is -2.34. The lowest BCUT2D eigenvalue weighted by atomic mass is 9.86. The average Bonchev–Trinajstić information content (AvgIpc) is 2.69. The summed E-state index contributed by atoms with van der Waals surface area (Å²) in [6, 6.07) is 0.342. The van der Waals surface area contributed by atoms with Gasteiger partial charge in [0.15, 0.2) is 0 Å². The highest BCUT2D eigenvalue weighted by Gasteiger charge is 2.31. The monoisotopic (exact) mass is 379 g/mol.